The van der Waals surface area contributed by atoms with E-state index in [1.54, 1.807) is 11.8 Å². The van der Waals surface area contributed by atoms with Crippen LogP contribution in [-0.4, -0.2) is 16.7 Å². The summed E-state index contributed by atoms with van der Waals surface area (Å²) < 4.78 is 0. The highest BCUT2D eigenvalue weighted by atomic mass is 32.2. The zero-order valence-corrected chi connectivity index (χ0v) is 6.36. The van der Waals surface area contributed by atoms with Gasteiger partial charge in [0.2, 0.25) is 5.91 Å². The Morgan fingerprint density at radius 2 is 2.44 bits per heavy atom. The molecule has 1 rings (SSSR count). The fraction of sp³-hybridized carbons (Fsp3) is 0.667. The Hall–Kier alpha value is -0.310. The lowest BCUT2D eigenvalue weighted by atomic mass is 10.2. The van der Waals surface area contributed by atoms with Crippen LogP contribution in [0.3, 0.4) is 0 Å². The zero-order chi connectivity index (χ0) is 6.85. The van der Waals surface area contributed by atoms with Gasteiger partial charge in [0.1, 0.15) is 0 Å². The fourth-order valence-corrected chi connectivity index (χ4v) is 1.40. The van der Waals surface area contributed by atoms with Gasteiger partial charge in [0.15, 0.2) is 0 Å². The molecule has 1 amide bonds. The Labute approximate surface area is 58.7 Å². The first-order valence-electron chi connectivity index (χ1n) is 2.92. The van der Waals surface area contributed by atoms with Crippen LogP contribution in [0.4, 0.5) is 0 Å². The van der Waals surface area contributed by atoms with Crippen LogP contribution in [0.2, 0.25) is 0 Å². The minimum atomic E-state index is 0.0336. The Morgan fingerprint density at radius 1 is 1.78 bits per heavy atom. The average molecular weight is 143 g/mol. The van der Waals surface area contributed by atoms with Gasteiger partial charge in [0.05, 0.1) is 5.04 Å². The maximum absolute atomic E-state index is 10.8. The number of rotatable bonds is 0. The first-order chi connectivity index (χ1) is 4.20. The van der Waals surface area contributed by atoms with Gasteiger partial charge in [0.25, 0.3) is 0 Å². The molecule has 0 saturated carbocycles. The largest absolute Gasteiger partial charge is 0.272 e. The van der Waals surface area contributed by atoms with Crippen LogP contribution in [0.25, 0.3) is 0 Å². The highest BCUT2D eigenvalue weighted by Crippen LogP contribution is 2.17. The molecule has 1 unspecified atom stereocenters. The Balaban J connectivity index is 2.70. The summed E-state index contributed by atoms with van der Waals surface area (Å²) >= 11 is 1.66. The van der Waals surface area contributed by atoms with Gasteiger partial charge in [0, 0.05) is 11.7 Å². The monoisotopic (exact) mass is 143 g/mol. The van der Waals surface area contributed by atoms with Gasteiger partial charge in [-0.1, -0.05) is 6.92 Å². The molecule has 1 aliphatic rings. The Kier molecular flexibility index (Phi) is 1.90. The molecule has 9 heavy (non-hydrogen) atoms. The molecule has 0 saturated heterocycles. The Morgan fingerprint density at radius 3 is 2.89 bits per heavy atom. The van der Waals surface area contributed by atoms with Gasteiger partial charge < -0.3 is 0 Å². The minimum absolute atomic E-state index is 0.0336. The van der Waals surface area contributed by atoms with Gasteiger partial charge in [-0.05, 0) is 6.92 Å². The van der Waals surface area contributed by atoms with E-state index in [4.69, 9.17) is 0 Å². The van der Waals surface area contributed by atoms with Crippen molar-refractivity contribution in [3.05, 3.63) is 0 Å². The molecular weight excluding hydrogens is 134 g/mol. The van der Waals surface area contributed by atoms with Crippen molar-refractivity contribution in [3.63, 3.8) is 0 Å². The molecule has 0 aromatic carbocycles. The molecule has 0 aromatic rings. The standard InChI is InChI=1S/C6H9NOS/c1-4-3-9-5(2)7-6(4)8/h4H,3H2,1-2H3. The molecule has 1 heterocycles. The van der Waals surface area contributed by atoms with E-state index in [0.29, 0.717) is 0 Å². The van der Waals surface area contributed by atoms with Gasteiger partial charge in [-0.2, -0.15) is 0 Å². The number of amides is 1. The lowest BCUT2D eigenvalue weighted by molar-refractivity contribution is -0.120. The van der Waals surface area contributed by atoms with Crippen LogP contribution in [0, 0.1) is 5.92 Å². The summed E-state index contributed by atoms with van der Waals surface area (Å²) in [5.74, 6) is 1.05. The second-order valence-corrected chi connectivity index (χ2v) is 3.39. The third kappa shape index (κ3) is 1.55. The van der Waals surface area contributed by atoms with Crippen molar-refractivity contribution in [2.24, 2.45) is 10.9 Å². The molecule has 50 valence electrons. The van der Waals surface area contributed by atoms with Gasteiger partial charge in [-0.15, -0.1) is 11.8 Å². The highest BCUT2D eigenvalue weighted by Gasteiger charge is 2.17. The van der Waals surface area contributed by atoms with Crippen molar-refractivity contribution in [1.82, 2.24) is 0 Å². The number of carbonyl (C=O) groups excluding carboxylic acids is 1. The molecule has 0 aliphatic carbocycles. The summed E-state index contributed by atoms with van der Waals surface area (Å²) in [6.45, 7) is 3.78. The normalized spacial score (nSPS) is 28.0. The predicted molar refractivity (Wildman–Crippen MR) is 39.7 cm³/mol. The first kappa shape index (κ1) is 6.81. The van der Waals surface area contributed by atoms with Crippen molar-refractivity contribution in [3.8, 4) is 0 Å². The van der Waals surface area contributed by atoms with Gasteiger partial charge in [-0.3, -0.25) is 4.79 Å². The number of aliphatic imine (C=N–C) groups is 1. The van der Waals surface area contributed by atoms with Crippen molar-refractivity contribution >= 4 is 22.7 Å². The SMILES string of the molecule is CC1=NC(=O)C(C)CS1. The van der Waals surface area contributed by atoms with Crippen molar-refractivity contribution in [2.75, 3.05) is 5.75 Å². The molecular formula is C6H9NOS. The summed E-state index contributed by atoms with van der Waals surface area (Å²) in [5, 5.41) is 0.901. The van der Waals surface area contributed by atoms with E-state index in [-0.39, 0.29) is 11.8 Å². The minimum Gasteiger partial charge on any atom is -0.272 e. The third-order valence-electron chi connectivity index (χ3n) is 1.23. The summed E-state index contributed by atoms with van der Waals surface area (Å²) in [6, 6.07) is 0. The second-order valence-electron chi connectivity index (χ2n) is 2.18. The van der Waals surface area contributed by atoms with E-state index in [0.717, 1.165) is 10.8 Å². The molecule has 0 fully saturated rings. The quantitative estimate of drug-likeness (QED) is 0.511. The fourth-order valence-electron chi connectivity index (χ4n) is 0.615. The Bertz CT molecular complexity index is 164. The summed E-state index contributed by atoms with van der Waals surface area (Å²) in [4.78, 5) is 14.6. The van der Waals surface area contributed by atoms with Gasteiger partial charge in [-0.25, -0.2) is 4.99 Å². The average Bonchev–Trinajstić information content (AvgIpc) is 1.80. The summed E-state index contributed by atoms with van der Waals surface area (Å²) in [7, 11) is 0. The number of thioether (sulfide) groups is 1. The maximum atomic E-state index is 10.8. The van der Waals surface area contributed by atoms with E-state index in [9.17, 15) is 4.79 Å². The third-order valence-corrected chi connectivity index (χ3v) is 2.41. The van der Waals surface area contributed by atoms with E-state index in [1.807, 2.05) is 13.8 Å². The molecule has 2 nitrogen and oxygen atoms in total. The van der Waals surface area contributed by atoms with Crippen molar-refractivity contribution in [1.29, 1.82) is 0 Å². The van der Waals surface area contributed by atoms with E-state index < -0.39 is 0 Å². The van der Waals surface area contributed by atoms with Crippen LogP contribution in [0.1, 0.15) is 13.8 Å². The van der Waals surface area contributed by atoms with Crippen LogP contribution in [0.5, 0.6) is 0 Å². The van der Waals surface area contributed by atoms with Crippen LogP contribution < -0.4 is 0 Å². The maximum Gasteiger partial charge on any atom is 0.250 e. The molecule has 0 spiro atoms. The summed E-state index contributed by atoms with van der Waals surface area (Å²) in [5.41, 5.74) is 0. The second kappa shape index (κ2) is 2.52. The van der Waals surface area contributed by atoms with Crippen molar-refractivity contribution in [2.45, 2.75) is 13.8 Å². The molecule has 0 bridgehead atoms. The number of hydrogen-bond donors (Lipinski definition) is 0. The molecule has 1 atom stereocenters. The highest BCUT2D eigenvalue weighted by molar-refractivity contribution is 8.14. The number of carbonyl (C=O) groups is 1. The zero-order valence-electron chi connectivity index (χ0n) is 5.55. The molecule has 0 aromatic heterocycles. The molecule has 3 heteroatoms. The van der Waals surface area contributed by atoms with Gasteiger partial charge >= 0.3 is 0 Å². The topological polar surface area (TPSA) is 29.4 Å². The molecule has 0 radical (unpaired) electrons. The lowest BCUT2D eigenvalue weighted by Crippen LogP contribution is -2.17. The van der Waals surface area contributed by atoms with E-state index in [2.05, 4.69) is 4.99 Å². The van der Waals surface area contributed by atoms with Crippen LogP contribution in [0.15, 0.2) is 4.99 Å². The van der Waals surface area contributed by atoms with Crippen LogP contribution >= 0.6 is 11.8 Å². The van der Waals surface area contributed by atoms with E-state index in [1.165, 1.54) is 0 Å². The van der Waals surface area contributed by atoms with Crippen molar-refractivity contribution < 1.29 is 4.79 Å². The first-order valence-corrected chi connectivity index (χ1v) is 3.90. The predicted octanol–water partition coefficient (Wildman–Crippen LogP) is 1.31. The number of nitrogens with zero attached hydrogens (tertiary/aromatic N) is 1. The molecule has 1 aliphatic heterocycles. The van der Waals surface area contributed by atoms with Crippen LogP contribution in [-0.2, 0) is 4.79 Å². The smallest absolute Gasteiger partial charge is 0.250 e. The van der Waals surface area contributed by atoms with E-state index >= 15 is 0 Å². The number of hydrogen-bond acceptors (Lipinski definition) is 2. The lowest BCUT2D eigenvalue weighted by Gasteiger charge is -2.11. The molecule has 0 N–H and O–H groups in total. The summed E-state index contributed by atoms with van der Waals surface area (Å²) in [6.07, 6.45) is 0.